The number of hydrogen-bond acceptors (Lipinski definition) is 5. The Hall–Kier alpha value is -1.72. The van der Waals surface area contributed by atoms with Crippen LogP contribution in [0, 0.1) is 11.8 Å². The summed E-state index contributed by atoms with van der Waals surface area (Å²) in [4.78, 5) is 11.4. The van der Waals surface area contributed by atoms with Gasteiger partial charge in [-0.05, 0) is 36.8 Å². The standard InChI is InChI=1S/C16H19N3O2/c20-14-5-10-8-19(9-11(10)6-15(14)21)16-7-17-12-3-1-2-4-13(12)18-16/h1-4,7,10-11,14-15,20-21H,5-6,8-9H2/t10-,11+,14-,15-/m0/s1. The molecule has 4 rings (SSSR count). The Balaban J connectivity index is 1.59. The molecule has 2 aromatic rings. The van der Waals surface area contributed by atoms with Crippen molar-refractivity contribution in [3.8, 4) is 0 Å². The number of aliphatic hydroxyl groups is 2. The minimum absolute atomic E-state index is 0.441. The summed E-state index contributed by atoms with van der Waals surface area (Å²) >= 11 is 0. The van der Waals surface area contributed by atoms with Crippen LogP contribution in [-0.2, 0) is 0 Å². The van der Waals surface area contributed by atoms with Crippen LogP contribution >= 0.6 is 0 Å². The van der Waals surface area contributed by atoms with Gasteiger partial charge in [-0.15, -0.1) is 0 Å². The highest BCUT2D eigenvalue weighted by Crippen LogP contribution is 2.38. The first-order chi connectivity index (χ1) is 10.2. The number of anilines is 1. The van der Waals surface area contributed by atoms with Gasteiger partial charge < -0.3 is 15.1 Å². The van der Waals surface area contributed by atoms with E-state index in [4.69, 9.17) is 4.98 Å². The summed E-state index contributed by atoms with van der Waals surface area (Å²) in [6.45, 7) is 1.78. The Labute approximate surface area is 123 Å². The van der Waals surface area contributed by atoms with E-state index in [1.165, 1.54) is 0 Å². The highest BCUT2D eigenvalue weighted by atomic mass is 16.3. The van der Waals surface area contributed by atoms with Crippen LogP contribution < -0.4 is 4.90 Å². The zero-order valence-corrected chi connectivity index (χ0v) is 11.8. The van der Waals surface area contributed by atoms with Gasteiger partial charge in [0.2, 0.25) is 0 Å². The van der Waals surface area contributed by atoms with Crippen LogP contribution in [0.1, 0.15) is 12.8 Å². The number of fused-ring (bicyclic) bond motifs is 2. The van der Waals surface area contributed by atoms with Crippen molar-refractivity contribution in [2.75, 3.05) is 18.0 Å². The average molecular weight is 285 g/mol. The lowest BCUT2D eigenvalue weighted by atomic mass is 9.79. The molecule has 1 aliphatic heterocycles. The molecule has 110 valence electrons. The maximum Gasteiger partial charge on any atom is 0.147 e. The predicted octanol–water partition coefficient (Wildman–Crippen LogP) is 1.20. The van der Waals surface area contributed by atoms with Crippen LogP contribution in [0.25, 0.3) is 11.0 Å². The summed E-state index contributed by atoms with van der Waals surface area (Å²) in [5, 5.41) is 19.7. The fraction of sp³-hybridized carbons (Fsp3) is 0.500. The number of aromatic nitrogens is 2. The monoisotopic (exact) mass is 285 g/mol. The van der Waals surface area contributed by atoms with Crippen molar-refractivity contribution in [1.82, 2.24) is 9.97 Å². The molecule has 21 heavy (non-hydrogen) atoms. The number of aliphatic hydroxyl groups excluding tert-OH is 2. The Morgan fingerprint density at radius 3 is 2.24 bits per heavy atom. The maximum absolute atomic E-state index is 9.83. The second-order valence-electron chi connectivity index (χ2n) is 6.25. The van der Waals surface area contributed by atoms with Gasteiger partial charge in [-0.2, -0.15) is 0 Å². The van der Waals surface area contributed by atoms with Gasteiger partial charge in [-0.1, -0.05) is 12.1 Å². The van der Waals surface area contributed by atoms with Gasteiger partial charge in [0.15, 0.2) is 0 Å². The molecule has 0 spiro atoms. The van der Waals surface area contributed by atoms with Crippen molar-refractivity contribution in [2.24, 2.45) is 11.8 Å². The number of rotatable bonds is 1. The van der Waals surface area contributed by atoms with Crippen LogP contribution in [0.3, 0.4) is 0 Å². The van der Waals surface area contributed by atoms with E-state index >= 15 is 0 Å². The molecule has 2 fully saturated rings. The lowest BCUT2D eigenvalue weighted by molar-refractivity contribution is -0.0372. The summed E-state index contributed by atoms with van der Waals surface area (Å²) in [6, 6.07) is 7.87. The third kappa shape index (κ3) is 2.26. The fourth-order valence-corrected chi connectivity index (χ4v) is 3.69. The van der Waals surface area contributed by atoms with Gasteiger partial charge in [0.05, 0.1) is 29.4 Å². The summed E-state index contributed by atoms with van der Waals surface area (Å²) in [5.41, 5.74) is 1.81. The Morgan fingerprint density at radius 2 is 1.57 bits per heavy atom. The van der Waals surface area contributed by atoms with E-state index in [-0.39, 0.29) is 0 Å². The summed E-state index contributed by atoms with van der Waals surface area (Å²) < 4.78 is 0. The molecule has 1 saturated carbocycles. The first-order valence-corrected chi connectivity index (χ1v) is 7.53. The summed E-state index contributed by atoms with van der Waals surface area (Å²) in [5.74, 6) is 1.78. The molecule has 2 aliphatic rings. The van der Waals surface area contributed by atoms with Crippen LogP contribution in [0.15, 0.2) is 30.5 Å². The highest BCUT2D eigenvalue weighted by molar-refractivity contribution is 5.75. The van der Waals surface area contributed by atoms with Gasteiger partial charge in [0.25, 0.3) is 0 Å². The predicted molar refractivity (Wildman–Crippen MR) is 80.0 cm³/mol. The molecule has 2 N–H and O–H groups in total. The molecule has 0 radical (unpaired) electrons. The topological polar surface area (TPSA) is 69.5 Å². The van der Waals surface area contributed by atoms with E-state index < -0.39 is 12.2 Å². The van der Waals surface area contributed by atoms with Crippen LogP contribution in [0.4, 0.5) is 5.82 Å². The zero-order valence-electron chi connectivity index (χ0n) is 11.8. The molecule has 0 amide bonds. The Bertz CT molecular complexity index is 645. The molecule has 5 heteroatoms. The van der Waals surface area contributed by atoms with Crippen molar-refractivity contribution in [1.29, 1.82) is 0 Å². The van der Waals surface area contributed by atoms with Gasteiger partial charge >= 0.3 is 0 Å². The van der Waals surface area contributed by atoms with Crippen molar-refractivity contribution >= 4 is 16.9 Å². The van der Waals surface area contributed by atoms with Crippen LogP contribution in [0.2, 0.25) is 0 Å². The van der Waals surface area contributed by atoms with E-state index in [0.717, 1.165) is 29.9 Å². The van der Waals surface area contributed by atoms with Crippen LogP contribution in [0.5, 0.6) is 0 Å². The van der Waals surface area contributed by atoms with Crippen LogP contribution in [-0.4, -0.2) is 45.5 Å². The van der Waals surface area contributed by atoms with E-state index in [0.29, 0.717) is 24.7 Å². The molecule has 4 atom stereocenters. The zero-order chi connectivity index (χ0) is 14.4. The number of nitrogens with zero attached hydrogens (tertiary/aromatic N) is 3. The smallest absolute Gasteiger partial charge is 0.147 e. The largest absolute Gasteiger partial charge is 0.390 e. The third-order valence-corrected chi connectivity index (χ3v) is 4.87. The molecule has 2 heterocycles. The molecular weight excluding hydrogens is 266 g/mol. The number of hydrogen-bond donors (Lipinski definition) is 2. The molecule has 1 aliphatic carbocycles. The van der Waals surface area contributed by atoms with E-state index in [2.05, 4.69) is 9.88 Å². The Kier molecular flexibility index (Phi) is 3.05. The lowest BCUT2D eigenvalue weighted by Crippen LogP contribution is -2.38. The first kappa shape index (κ1) is 13.0. The van der Waals surface area contributed by atoms with Crippen molar-refractivity contribution in [3.63, 3.8) is 0 Å². The normalized spacial score (nSPS) is 32.4. The van der Waals surface area contributed by atoms with Crippen molar-refractivity contribution < 1.29 is 10.2 Å². The SMILES string of the molecule is O[C@H]1C[C@@H]2CN(c3cnc4ccccc4n3)C[C@@H]2C[C@@H]1O. The molecule has 0 unspecified atom stereocenters. The second kappa shape index (κ2) is 4.93. The molecule has 1 saturated heterocycles. The maximum atomic E-state index is 9.83. The van der Waals surface area contributed by atoms with Gasteiger partial charge in [-0.25, -0.2) is 4.98 Å². The summed E-state index contributed by atoms with van der Waals surface area (Å²) in [7, 11) is 0. The van der Waals surface area contributed by atoms with E-state index in [1.807, 2.05) is 30.5 Å². The molecule has 0 bridgehead atoms. The second-order valence-corrected chi connectivity index (χ2v) is 6.25. The average Bonchev–Trinajstić information content (AvgIpc) is 2.90. The first-order valence-electron chi connectivity index (χ1n) is 7.53. The molecule has 1 aromatic heterocycles. The quantitative estimate of drug-likeness (QED) is 0.824. The molecule has 5 nitrogen and oxygen atoms in total. The Morgan fingerprint density at radius 1 is 0.952 bits per heavy atom. The van der Waals surface area contributed by atoms with Gasteiger partial charge in [0.1, 0.15) is 5.82 Å². The van der Waals surface area contributed by atoms with Crippen molar-refractivity contribution in [3.05, 3.63) is 30.5 Å². The van der Waals surface area contributed by atoms with Gasteiger partial charge in [-0.3, -0.25) is 4.98 Å². The molecule has 1 aromatic carbocycles. The minimum Gasteiger partial charge on any atom is -0.390 e. The third-order valence-electron chi connectivity index (χ3n) is 4.87. The lowest BCUT2D eigenvalue weighted by Gasteiger charge is -2.31. The number of benzene rings is 1. The van der Waals surface area contributed by atoms with Crippen molar-refractivity contribution in [2.45, 2.75) is 25.0 Å². The van der Waals surface area contributed by atoms with Gasteiger partial charge in [0, 0.05) is 13.1 Å². The number of para-hydroxylation sites is 2. The minimum atomic E-state index is -0.575. The highest BCUT2D eigenvalue weighted by Gasteiger charge is 2.41. The molecular formula is C16H19N3O2. The summed E-state index contributed by atoms with van der Waals surface area (Å²) in [6.07, 6.45) is 2.04. The fourth-order valence-electron chi connectivity index (χ4n) is 3.69. The van der Waals surface area contributed by atoms with E-state index in [1.54, 1.807) is 0 Å². The van der Waals surface area contributed by atoms with E-state index in [9.17, 15) is 10.2 Å².